The van der Waals surface area contributed by atoms with Crippen molar-refractivity contribution in [3.63, 3.8) is 0 Å². The van der Waals surface area contributed by atoms with Gasteiger partial charge in [-0.25, -0.2) is 8.42 Å². The second kappa shape index (κ2) is 10.3. The highest BCUT2D eigenvalue weighted by Crippen LogP contribution is 2.21. The minimum Gasteiger partial charge on any atom is -0.407 e. The average Bonchev–Trinajstić information content (AvgIpc) is 2.82. The van der Waals surface area contributed by atoms with Crippen molar-refractivity contribution in [1.82, 2.24) is 0 Å². The standard InChI is InChI=1S/C26H23ClO3SSi/c27-23-15-17-24(18-16-23)31(28,29)20-22-10-8-7-9-21(22)19-30-32(25-11-3-1-4-12-25)26-13-5-2-6-14-26/h1-18,32H,19-20H2. The summed E-state index contributed by atoms with van der Waals surface area (Å²) >= 11 is 5.91. The molecule has 0 unspecified atom stereocenters. The minimum atomic E-state index is -3.50. The van der Waals surface area contributed by atoms with Crippen LogP contribution in [-0.2, 0) is 26.6 Å². The normalized spacial score (nSPS) is 11.6. The Morgan fingerprint density at radius 3 is 1.72 bits per heavy atom. The van der Waals surface area contributed by atoms with Gasteiger partial charge in [0.1, 0.15) is 0 Å². The van der Waals surface area contributed by atoms with Gasteiger partial charge in [-0.1, -0.05) is 96.5 Å². The fraction of sp³-hybridized carbons (Fsp3) is 0.0769. The molecule has 0 bridgehead atoms. The predicted molar refractivity (Wildman–Crippen MR) is 133 cm³/mol. The minimum absolute atomic E-state index is 0.0862. The average molecular weight is 479 g/mol. The van der Waals surface area contributed by atoms with E-state index in [0.717, 1.165) is 11.1 Å². The van der Waals surface area contributed by atoms with Gasteiger partial charge in [-0.3, -0.25) is 0 Å². The molecule has 0 aliphatic rings. The third-order valence-corrected chi connectivity index (χ3v) is 9.66. The van der Waals surface area contributed by atoms with Crippen LogP contribution in [0.25, 0.3) is 0 Å². The number of halogens is 1. The topological polar surface area (TPSA) is 43.4 Å². The van der Waals surface area contributed by atoms with E-state index in [1.807, 2.05) is 60.7 Å². The Balaban J connectivity index is 1.58. The molecule has 0 aromatic heterocycles. The van der Waals surface area contributed by atoms with Gasteiger partial charge in [0.05, 0.1) is 17.3 Å². The lowest BCUT2D eigenvalue weighted by atomic mass is 10.1. The molecule has 6 heteroatoms. The molecule has 4 rings (SSSR count). The number of rotatable bonds is 8. The summed E-state index contributed by atoms with van der Waals surface area (Å²) in [6.45, 7) is 0.354. The monoisotopic (exact) mass is 478 g/mol. The summed E-state index contributed by atoms with van der Waals surface area (Å²) in [6.07, 6.45) is 0. The van der Waals surface area contributed by atoms with Gasteiger partial charge in [-0.15, -0.1) is 0 Å². The van der Waals surface area contributed by atoms with Crippen molar-refractivity contribution in [2.75, 3.05) is 0 Å². The summed E-state index contributed by atoms with van der Waals surface area (Å²) in [6, 6.07) is 34.3. The number of sulfone groups is 1. The number of benzene rings is 4. The molecule has 0 N–H and O–H groups in total. The van der Waals surface area contributed by atoms with Crippen LogP contribution >= 0.6 is 11.6 Å². The van der Waals surface area contributed by atoms with Gasteiger partial charge >= 0.3 is 0 Å². The SMILES string of the molecule is O=S(=O)(Cc1ccccc1CO[SiH](c1ccccc1)c1ccccc1)c1ccc(Cl)cc1. The van der Waals surface area contributed by atoms with E-state index in [1.54, 1.807) is 24.3 Å². The summed E-state index contributed by atoms with van der Waals surface area (Å²) in [7, 11) is -5.42. The van der Waals surface area contributed by atoms with E-state index in [2.05, 4.69) is 24.3 Å². The zero-order valence-corrected chi connectivity index (χ0v) is 20.1. The molecule has 0 saturated heterocycles. The number of hydrogen-bond donors (Lipinski definition) is 0. The molecule has 3 nitrogen and oxygen atoms in total. The summed E-state index contributed by atoms with van der Waals surface area (Å²) in [5.41, 5.74) is 1.63. The maximum atomic E-state index is 13.0. The molecule has 0 heterocycles. The Hall–Kier alpha value is -2.70. The van der Waals surface area contributed by atoms with Crippen LogP contribution in [0.15, 0.2) is 114 Å². The van der Waals surface area contributed by atoms with Crippen LogP contribution in [-0.4, -0.2) is 17.5 Å². The molecule has 0 saturated carbocycles. The van der Waals surface area contributed by atoms with Crippen LogP contribution in [0.4, 0.5) is 0 Å². The Morgan fingerprint density at radius 2 is 1.16 bits per heavy atom. The maximum Gasteiger partial charge on any atom is 0.240 e. The first-order valence-corrected chi connectivity index (χ1v) is 14.0. The zero-order valence-electron chi connectivity index (χ0n) is 17.4. The smallest absolute Gasteiger partial charge is 0.240 e. The zero-order chi connectivity index (χ0) is 22.4. The number of hydrogen-bond acceptors (Lipinski definition) is 3. The van der Waals surface area contributed by atoms with Gasteiger partial charge in [-0.2, -0.15) is 0 Å². The Labute approximate surface area is 195 Å². The summed E-state index contributed by atoms with van der Waals surface area (Å²) < 4.78 is 32.4. The molecule has 0 aliphatic carbocycles. The fourth-order valence-corrected chi connectivity index (χ4v) is 7.38. The molecule has 4 aromatic rings. The quantitative estimate of drug-likeness (QED) is 0.353. The van der Waals surface area contributed by atoms with E-state index in [0.29, 0.717) is 11.6 Å². The highest BCUT2D eigenvalue weighted by Gasteiger charge is 2.20. The molecule has 162 valence electrons. The van der Waals surface area contributed by atoms with Crippen LogP contribution in [0.2, 0.25) is 5.02 Å². The van der Waals surface area contributed by atoms with Crippen LogP contribution in [0.1, 0.15) is 11.1 Å². The molecule has 0 amide bonds. The molecule has 0 radical (unpaired) electrons. The van der Waals surface area contributed by atoms with Crippen molar-refractivity contribution in [1.29, 1.82) is 0 Å². The molecular weight excluding hydrogens is 456 g/mol. The van der Waals surface area contributed by atoms with Crippen molar-refractivity contribution in [2.45, 2.75) is 17.3 Å². The fourth-order valence-electron chi connectivity index (χ4n) is 3.58. The van der Waals surface area contributed by atoms with Crippen molar-refractivity contribution < 1.29 is 12.8 Å². The lowest BCUT2D eigenvalue weighted by molar-refractivity contribution is 0.320. The molecule has 32 heavy (non-hydrogen) atoms. The molecule has 0 aliphatic heterocycles. The molecule has 0 fully saturated rings. The molecule has 0 atom stereocenters. The molecule has 0 spiro atoms. The predicted octanol–water partition coefficient (Wildman–Crippen LogP) is 4.37. The summed E-state index contributed by atoms with van der Waals surface area (Å²) in [5.74, 6) is -0.0862. The highest BCUT2D eigenvalue weighted by atomic mass is 35.5. The van der Waals surface area contributed by atoms with Crippen LogP contribution in [0, 0.1) is 0 Å². The van der Waals surface area contributed by atoms with Gasteiger partial charge in [0, 0.05) is 5.02 Å². The van der Waals surface area contributed by atoms with Crippen LogP contribution in [0.5, 0.6) is 0 Å². The Morgan fingerprint density at radius 1 is 0.656 bits per heavy atom. The van der Waals surface area contributed by atoms with Gasteiger partial charge < -0.3 is 4.43 Å². The van der Waals surface area contributed by atoms with Crippen LogP contribution in [0.3, 0.4) is 0 Å². The van der Waals surface area contributed by atoms with E-state index in [1.165, 1.54) is 10.4 Å². The van der Waals surface area contributed by atoms with E-state index >= 15 is 0 Å². The van der Waals surface area contributed by atoms with Crippen molar-refractivity contribution >= 4 is 40.9 Å². The lowest BCUT2D eigenvalue weighted by Gasteiger charge is -2.19. The first kappa shape index (κ1) is 22.5. The summed E-state index contributed by atoms with van der Waals surface area (Å²) in [4.78, 5) is 0.262. The van der Waals surface area contributed by atoms with Gasteiger partial charge in [0.2, 0.25) is 9.04 Å². The van der Waals surface area contributed by atoms with Crippen molar-refractivity contribution in [3.05, 3.63) is 125 Å². The van der Waals surface area contributed by atoms with E-state index in [-0.39, 0.29) is 10.6 Å². The van der Waals surface area contributed by atoms with E-state index < -0.39 is 18.9 Å². The second-order valence-electron chi connectivity index (χ2n) is 7.49. The molecule has 4 aromatic carbocycles. The van der Waals surface area contributed by atoms with E-state index in [4.69, 9.17) is 16.0 Å². The largest absolute Gasteiger partial charge is 0.407 e. The first-order valence-electron chi connectivity index (χ1n) is 10.3. The van der Waals surface area contributed by atoms with Crippen molar-refractivity contribution in [3.8, 4) is 0 Å². The van der Waals surface area contributed by atoms with Gasteiger partial charge in [0.25, 0.3) is 0 Å². The maximum absolute atomic E-state index is 13.0. The molecular formula is C26H23ClO3SSi. The first-order chi connectivity index (χ1) is 15.5. The van der Waals surface area contributed by atoms with Gasteiger partial charge in [-0.05, 0) is 45.8 Å². The Bertz CT molecular complexity index is 1220. The second-order valence-corrected chi connectivity index (χ2v) is 12.3. The third-order valence-electron chi connectivity index (χ3n) is 5.25. The Kier molecular flexibility index (Phi) is 7.22. The van der Waals surface area contributed by atoms with Crippen LogP contribution < -0.4 is 10.4 Å². The van der Waals surface area contributed by atoms with Gasteiger partial charge in [0.15, 0.2) is 9.84 Å². The third kappa shape index (κ3) is 5.55. The van der Waals surface area contributed by atoms with Crippen molar-refractivity contribution in [2.24, 2.45) is 0 Å². The van der Waals surface area contributed by atoms with E-state index in [9.17, 15) is 8.42 Å². The lowest BCUT2D eigenvalue weighted by Crippen LogP contribution is -2.44. The summed E-state index contributed by atoms with van der Waals surface area (Å²) in [5, 5.41) is 2.88. The highest BCUT2D eigenvalue weighted by molar-refractivity contribution is 7.90.